The number of halogens is 1. The third-order valence-corrected chi connectivity index (χ3v) is 4.56. The second-order valence-electron chi connectivity index (χ2n) is 6.55. The monoisotopic (exact) mass is 413 g/mol. The van der Waals surface area contributed by atoms with Gasteiger partial charge in [0.2, 0.25) is 6.79 Å². The summed E-state index contributed by atoms with van der Waals surface area (Å²) in [7, 11) is 1.66. The number of methoxy groups -OCH3 is 1. The molecular formula is C23H24ClNO4. The summed E-state index contributed by atoms with van der Waals surface area (Å²) in [6.45, 7) is 2.28. The van der Waals surface area contributed by atoms with Crippen molar-refractivity contribution in [3.05, 3.63) is 83.4 Å². The van der Waals surface area contributed by atoms with Gasteiger partial charge in [0.25, 0.3) is 0 Å². The van der Waals surface area contributed by atoms with E-state index in [0.717, 1.165) is 52.8 Å². The fourth-order valence-electron chi connectivity index (χ4n) is 3.08. The molecule has 0 saturated heterocycles. The van der Waals surface area contributed by atoms with Gasteiger partial charge in [-0.15, -0.1) is 12.4 Å². The SMILES string of the molecule is COc1cc(CNCc2ccc3c(c2)OCO3)ccc1OCc1ccccc1.Cl. The predicted molar refractivity (Wildman–Crippen MR) is 114 cm³/mol. The van der Waals surface area contributed by atoms with Crippen LogP contribution >= 0.6 is 12.4 Å². The van der Waals surface area contributed by atoms with Crippen molar-refractivity contribution in [3.63, 3.8) is 0 Å². The van der Waals surface area contributed by atoms with Gasteiger partial charge in [0, 0.05) is 13.1 Å². The summed E-state index contributed by atoms with van der Waals surface area (Å²) >= 11 is 0. The second kappa shape index (κ2) is 10.0. The molecule has 0 fully saturated rings. The summed E-state index contributed by atoms with van der Waals surface area (Å²) in [6.07, 6.45) is 0. The zero-order valence-electron chi connectivity index (χ0n) is 16.2. The first kappa shape index (κ1) is 20.8. The minimum atomic E-state index is 0. The van der Waals surface area contributed by atoms with Crippen molar-refractivity contribution >= 4 is 12.4 Å². The first-order chi connectivity index (χ1) is 13.8. The van der Waals surface area contributed by atoms with Crippen LogP contribution < -0.4 is 24.3 Å². The fraction of sp³-hybridized carbons (Fsp3) is 0.217. The molecule has 1 aliphatic heterocycles. The van der Waals surface area contributed by atoms with Gasteiger partial charge in [0.1, 0.15) is 6.61 Å². The van der Waals surface area contributed by atoms with Crippen molar-refractivity contribution in [2.75, 3.05) is 13.9 Å². The van der Waals surface area contributed by atoms with Crippen molar-refractivity contribution in [1.82, 2.24) is 5.32 Å². The molecule has 0 unspecified atom stereocenters. The van der Waals surface area contributed by atoms with Crippen molar-refractivity contribution in [3.8, 4) is 23.0 Å². The molecule has 3 aromatic carbocycles. The van der Waals surface area contributed by atoms with E-state index in [-0.39, 0.29) is 12.4 Å². The third-order valence-electron chi connectivity index (χ3n) is 4.56. The van der Waals surface area contributed by atoms with E-state index < -0.39 is 0 Å². The molecule has 0 spiro atoms. The lowest BCUT2D eigenvalue weighted by atomic mass is 10.1. The molecule has 1 aliphatic rings. The van der Waals surface area contributed by atoms with Gasteiger partial charge in [-0.3, -0.25) is 0 Å². The molecule has 1 heterocycles. The number of ether oxygens (including phenoxy) is 4. The quantitative estimate of drug-likeness (QED) is 0.579. The maximum Gasteiger partial charge on any atom is 0.231 e. The van der Waals surface area contributed by atoms with Crippen molar-refractivity contribution in [1.29, 1.82) is 0 Å². The lowest BCUT2D eigenvalue weighted by Crippen LogP contribution is -2.12. The van der Waals surface area contributed by atoms with E-state index in [2.05, 4.69) is 11.4 Å². The lowest BCUT2D eigenvalue weighted by molar-refractivity contribution is 0.174. The summed E-state index contributed by atoms with van der Waals surface area (Å²) in [4.78, 5) is 0. The normalized spacial score (nSPS) is 11.6. The standard InChI is InChI=1S/C23H23NO4.ClH/c1-25-22-11-18(7-9-20(22)26-15-17-5-3-2-4-6-17)13-24-14-19-8-10-21-23(12-19)28-16-27-21;/h2-12,24H,13-16H2,1H3;1H. The molecule has 0 aliphatic carbocycles. The van der Waals surface area contributed by atoms with Gasteiger partial charge in [0.15, 0.2) is 23.0 Å². The van der Waals surface area contributed by atoms with E-state index in [1.165, 1.54) is 0 Å². The lowest BCUT2D eigenvalue weighted by Gasteiger charge is -2.13. The van der Waals surface area contributed by atoms with Crippen LogP contribution in [0.5, 0.6) is 23.0 Å². The highest BCUT2D eigenvalue weighted by atomic mass is 35.5. The minimum Gasteiger partial charge on any atom is -0.493 e. The van der Waals surface area contributed by atoms with E-state index in [9.17, 15) is 0 Å². The van der Waals surface area contributed by atoms with Gasteiger partial charge < -0.3 is 24.3 Å². The predicted octanol–water partition coefficient (Wildman–Crippen LogP) is 4.71. The molecule has 1 N–H and O–H groups in total. The molecule has 0 radical (unpaired) electrons. The highest BCUT2D eigenvalue weighted by molar-refractivity contribution is 5.85. The van der Waals surface area contributed by atoms with Crippen LogP contribution in [0.3, 0.4) is 0 Å². The molecule has 0 atom stereocenters. The van der Waals surface area contributed by atoms with Crippen LogP contribution in [0.2, 0.25) is 0 Å². The van der Waals surface area contributed by atoms with E-state index in [1.807, 2.05) is 60.7 Å². The summed E-state index contributed by atoms with van der Waals surface area (Å²) in [5.74, 6) is 3.09. The first-order valence-electron chi connectivity index (χ1n) is 9.25. The summed E-state index contributed by atoms with van der Waals surface area (Å²) in [5.41, 5.74) is 3.41. The Morgan fingerprint density at radius 3 is 2.31 bits per heavy atom. The maximum absolute atomic E-state index is 5.91. The molecule has 0 amide bonds. The average molecular weight is 414 g/mol. The average Bonchev–Trinajstić information content (AvgIpc) is 3.21. The molecule has 0 saturated carbocycles. The fourth-order valence-corrected chi connectivity index (χ4v) is 3.08. The number of hydrogen-bond donors (Lipinski definition) is 1. The van der Waals surface area contributed by atoms with Crippen molar-refractivity contribution in [2.45, 2.75) is 19.7 Å². The molecule has 6 heteroatoms. The summed E-state index contributed by atoms with van der Waals surface area (Å²) in [5, 5.41) is 3.45. The van der Waals surface area contributed by atoms with E-state index in [4.69, 9.17) is 18.9 Å². The molecule has 0 bridgehead atoms. The van der Waals surface area contributed by atoms with Gasteiger partial charge in [-0.05, 0) is 41.0 Å². The summed E-state index contributed by atoms with van der Waals surface area (Å²) in [6, 6.07) is 22.1. The molecule has 5 nitrogen and oxygen atoms in total. The number of nitrogens with one attached hydrogen (secondary N) is 1. The number of rotatable bonds is 8. The smallest absolute Gasteiger partial charge is 0.231 e. The highest BCUT2D eigenvalue weighted by Gasteiger charge is 2.13. The molecule has 0 aromatic heterocycles. The van der Waals surface area contributed by atoms with Gasteiger partial charge in [-0.25, -0.2) is 0 Å². The number of benzene rings is 3. The van der Waals surface area contributed by atoms with Crippen LogP contribution in [0.4, 0.5) is 0 Å². The van der Waals surface area contributed by atoms with E-state index >= 15 is 0 Å². The van der Waals surface area contributed by atoms with Gasteiger partial charge in [0.05, 0.1) is 7.11 Å². The highest BCUT2D eigenvalue weighted by Crippen LogP contribution is 2.32. The van der Waals surface area contributed by atoms with Crippen LogP contribution in [0, 0.1) is 0 Å². The van der Waals surface area contributed by atoms with Crippen LogP contribution in [-0.2, 0) is 19.7 Å². The first-order valence-corrected chi connectivity index (χ1v) is 9.25. The van der Waals surface area contributed by atoms with E-state index in [0.29, 0.717) is 13.4 Å². The van der Waals surface area contributed by atoms with Gasteiger partial charge in [-0.2, -0.15) is 0 Å². The van der Waals surface area contributed by atoms with E-state index in [1.54, 1.807) is 7.11 Å². The topological polar surface area (TPSA) is 49.0 Å². The van der Waals surface area contributed by atoms with Crippen LogP contribution in [0.25, 0.3) is 0 Å². The minimum absolute atomic E-state index is 0. The van der Waals surface area contributed by atoms with Crippen LogP contribution in [0.15, 0.2) is 66.7 Å². The Labute approximate surface area is 177 Å². The molecule has 29 heavy (non-hydrogen) atoms. The largest absolute Gasteiger partial charge is 0.493 e. The van der Waals surface area contributed by atoms with Crippen LogP contribution in [0.1, 0.15) is 16.7 Å². The van der Waals surface area contributed by atoms with Crippen molar-refractivity contribution < 1.29 is 18.9 Å². The molecular weight excluding hydrogens is 390 g/mol. The Morgan fingerprint density at radius 1 is 0.793 bits per heavy atom. The zero-order chi connectivity index (χ0) is 19.2. The Hall–Kier alpha value is -2.89. The molecule has 4 rings (SSSR count). The van der Waals surface area contributed by atoms with Gasteiger partial charge in [-0.1, -0.05) is 42.5 Å². The number of fused-ring (bicyclic) bond motifs is 1. The Bertz CT molecular complexity index is 933. The van der Waals surface area contributed by atoms with Crippen molar-refractivity contribution in [2.24, 2.45) is 0 Å². The second-order valence-corrected chi connectivity index (χ2v) is 6.55. The summed E-state index contributed by atoms with van der Waals surface area (Å²) < 4.78 is 22.2. The van der Waals surface area contributed by atoms with Gasteiger partial charge >= 0.3 is 0 Å². The zero-order valence-corrected chi connectivity index (χ0v) is 17.0. The molecule has 3 aromatic rings. The Balaban J connectivity index is 0.00000240. The number of hydrogen-bond acceptors (Lipinski definition) is 5. The third kappa shape index (κ3) is 5.34. The Morgan fingerprint density at radius 2 is 1.52 bits per heavy atom. The maximum atomic E-state index is 5.91. The molecule has 152 valence electrons. The Kier molecular flexibility index (Phi) is 7.22. The van der Waals surface area contributed by atoms with Crippen LogP contribution in [-0.4, -0.2) is 13.9 Å².